The summed E-state index contributed by atoms with van der Waals surface area (Å²) in [6.45, 7) is 0.885. The molecule has 1 fully saturated rings. The fraction of sp³-hybridized carbons (Fsp3) is 0.400. The Bertz CT molecular complexity index is 755. The van der Waals surface area contributed by atoms with Gasteiger partial charge >= 0.3 is 0 Å². The van der Waals surface area contributed by atoms with Gasteiger partial charge in [0.25, 0.3) is 0 Å². The summed E-state index contributed by atoms with van der Waals surface area (Å²) in [6, 6.07) is 15.0. The van der Waals surface area contributed by atoms with Crippen molar-refractivity contribution >= 4 is 31.8 Å². The maximum Gasteiger partial charge on any atom is 0.0901 e. The molecule has 5 atom stereocenters. The minimum Gasteiger partial charge on any atom is -0.377 e. The van der Waals surface area contributed by atoms with E-state index < -0.39 is 0 Å². The second-order valence-corrected chi connectivity index (χ2v) is 8.03. The number of benzene rings is 2. The Morgan fingerprint density at radius 1 is 1.24 bits per heavy atom. The molecule has 4 rings (SSSR count). The highest BCUT2D eigenvalue weighted by atomic mass is 35.5. The topological polar surface area (TPSA) is 33.3 Å². The third-order valence-electron chi connectivity index (χ3n) is 5.34. The molecule has 0 amide bonds. The van der Waals surface area contributed by atoms with E-state index in [1.54, 1.807) is 0 Å². The maximum absolute atomic E-state index is 6.55. The highest BCUT2D eigenvalue weighted by Crippen LogP contribution is 2.50. The monoisotopic (exact) mass is 374 g/mol. The number of hydrogen-bond acceptors (Lipinski definition) is 3. The molecule has 0 aromatic heterocycles. The van der Waals surface area contributed by atoms with E-state index >= 15 is 0 Å². The van der Waals surface area contributed by atoms with Crippen molar-refractivity contribution in [2.75, 3.05) is 18.9 Å². The summed E-state index contributed by atoms with van der Waals surface area (Å²) in [6.07, 6.45) is 2.55. The number of nitrogens with one attached hydrogen (secondary N) is 2. The van der Waals surface area contributed by atoms with Gasteiger partial charge in [-0.25, -0.2) is 0 Å². The zero-order chi connectivity index (χ0) is 17.4. The van der Waals surface area contributed by atoms with Crippen LogP contribution in [0.5, 0.6) is 0 Å². The molecule has 0 radical (unpaired) electrons. The summed E-state index contributed by atoms with van der Waals surface area (Å²) in [4.78, 5) is 0. The van der Waals surface area contributed by atoms with Gasteiger partial charge in [0.1, 0.15) is 0 Å². The fourth-order valence-corrected chi connectivity index (χ4v) is 4.99. The van der Waals surface area contributed by atoms with E-state index in [-0.39, 0.29) is 18.2 Å². The predicted molar refractivity (Wildman–Crippen MR) is 108 cm³/mol. The van der Waals surface area contributed by atoms with Crippen LogP contribution in [0, 0.1) is 5.92 Å². The Kier molecular flexibility index (Phi) is 5.01. The minimum atomic E-state index is 0.0755. The van der Waals surface area contributed by atoms with E-state index in [2.05, 4.69) is 56.3 Å². The van der Waals surface area contributed by atoms with E-state index in [1.165, 1.54) is 11.1 Å². The van der Waals surface area contributed by atoms with Crippen molar-refractivity contribution in [3.8, 4) is 0 Å². The van der Waals surface area contributed by atoms with Gasteiger partial charge < -0.3 is 15.4 Å². The summed E-state index contributed by atoms with van der Waals surface area (Å²) >= 11 is 6.36. The molecular formula is C20H24ClN2OP. The lowest BCUT2D eigenvalue weighted by Gasteiger charge is -2.46. The van der Waals surface area contributed by atoms with Gasteiger partial charge in [-0.1, -0.05) is 41.9 Å². The largest absolute Gasteiger partial charge is 0.377 e. The normalized spacial score (nSPS) is 28.0. The van der Waals surface area contributed by atoms with E-state index in [0.717, 1.165) is 35.4 Å². The molecule has 3 nitrogen and oxygen atoms in total. The third-order valence-corrected chi connectivity index (χ3v) is 6.01. The van der Waals surface area contributed by atoms with Crippen LogP contribution in [0.15, 0.2) is 42.5 Å². The lowest BCUT2D eigenvalue weighted by atomic mass is 9.76. The molecule has 5 heteroatoms. The molecule has 2 aliphatic rings. The lowest BCUT2D eigenvalue weighted by molar-refractivity contribution is -0.0909. The molecular weight excluding hydrogens is 351 g/mol. The number of likely N-dealkylation sites (N-methyl/N-ethyl adjacent to an activating group) is 1. The average molecular weight is 375 g/mol. The van der Waals surface area contributed by atoms with Crippen LogP contribution < -0.4 is 15.9 Å². The molecule has 2 N–H and O–H groups in total. The van der Waals surface area contributed by atoms with Crippen molar-refractivity contribution < 1.29 is 4.74 Å². The zero-order valence-electron chi connectivity index (χ0n) is 14.3. The number of halogens is 1. The van der Waals surface area contributed by atoms with Crippen LogP contribution in [0.1, 0.15) is 36.1 Å². The molecule has 0 bridgehead atoms. The van der Waals surface area contributed by atoms with Gasteiger partial charge in [-0.3, -0.25) is 0 Å². The Morgan fingerprint density at radius 2 is 2.04 bits per heavy atom. The molecule has 132 valence electrons. The van der Waals surface area contributed by atoms with E-state index in [9.17, 15) is 0 Å². The SMILES string of the molecule is CNCC1CCC2C(O1)c1cc(Cl)cc(P)c1N[C@H]2c1ccccc1. The van der Waals surface area contributed by atoms with Crippen LogP contribution in [0.4, 0.5) is 5.69 Å². The third kappa shape index (κ3) is 3.31. The van der Waals surface area contributed by atoms with Gasteiger partial charge in [0, 0.05) is 28.7 Å². The second-order valence-electron chi connectivity index (χ2n) is 6.97. The first-order valence-corrected chi connectivity index (χ1v) is 9.83. The Morgan fingerprint density at radius 3 is 2.80 bits per heavy atom. The van der Waals surface area contributed by atoms with Crippen molar-refractivity contribution in [3.63, 3.8) is 0 Å². The molecule has 25 heavy (non-hydrogen) atoms. The lowest BCUT2D eigenvalue weighted by Crippen LogP contribution is -2.42. The highest BCUT2D eigenvalue weighted by molar-refractivity contribution is 7.28. The summed E-state index contributed by atoms with van der Waals surface area (Å²) in [7, 11) is 4.80. The number of hydrogen-bond donors (Lipinski definition) is 2. The Labute approximate surface area is 156 Å². The fourth-order valence-electron chi connectivity index (χ4n) is 4.22. The van der Waals surface area contributed by atoms with E-state index in [4.69, 9.17) is 16.3 Å². The van der Waals surface area contributed by atoms with Crippen LogP contribution in [0.25, 0.3) is 0 Å². The zero-order valence-corrected chi connectivity index (χ0v) is 16.2. The first-order valence-electron chi connectivity index (χ1n) is 8.88. The van der Waals surface area contributed by atoms with Gasteiger partial charge in [-0.05, 0) is 42.9 Å². The summed E-state index contributed by atoms with van der Waals surface area (Å²) in [5.74, 6) is 0.408. The summed E-state index contributed by atoms with van der Waals surface area (Å²) in [5, 5.41) is 8.90. The number of rotatable bonds is 3. The van der Waals surface area contributed by atoms with Gasteiger partial charge in [-0.15, -0.1) is 9.24 Å². The minimum absolute atomic E-state index is 0.0755. The van der Waals surface area contributed by atoms with E-state index in [0.29, 0.717) is 5.92 Å². The standard InChI is InChI=1S/C20H24ClN2OP/c1-22-11-14-7-8-15-18(12-5-3-2-4-6-12)23-19-16(20(15)24-14)9-13(21)10-17(19)25/h2-6,9-10,14-15,18,20,22-23H,7-8,11,25H2,1H3/t14?,15?,18-,20?/m0/s1. The number of anilines is 1. The molecule has 0 saturated carbocycles. The molecule has 0 spiro atoms. The van der Waals surface area contributed by atoms with Crippen LogP contribution >= 0.6 is 20.8 Å². The molecule has 2 heterocycles. The molecule has 1 saturated heterocycles. The van der Waals surface area contributed by atoms with Crippen molar-refractivity contribution in [1.82, 2.24) is 5.32 Å². The predicted octanol–water partition coefficient (Wildman–Crippen LogP) is 4.06. The number of fused-ring (bicyclic) bond motifs is 3. The van der Waals surface area contributed by atoms with Crippen LogP contribution in [0.2, 0.25) is 5.02 Å². The first-order chi connectivity index (χ1) is 12.2. The highest BCUT2D eigenvalue weighted by Gasteiger charge is 2.42. The van der Waals surface area contributed by atoms with Crippen LogP contribution in [0.3, 0.4) is 0 Å². The maximum atomic E-state index is 6.55. The van der Waals surface area contributed by atoms with Crippen LogP contribution in [-0.4, -0.2) is 19.7 Å². The molecule has 0 aliphatic carbocycles. The summed E-state index contributed by atoms with van der Waals surface area (Å²) < 4.78 is 6.55. The molecule has 2 aliphatic heterocycles. The van der Waals surface area contributed by atoms with Crippen molar-refractivity contribution in [3.05, 3.63) is 58.6 Å². The summed E-state index contributed by atoms with van der Waals surface area (Å²) in [5.41, 5.74) is 3.66. The van der Waals surface area contributed by atoms with Gasteiger partial charge in [0.15, 0.2) is 0 Å². The first kappa shape index (κ1) is 17.3. The van der Waals surface area contributed by atoms with E-state index in [1.807, 2.05) is 13.1 Å². The quantitative estimate of drug-likeness (QED) is 0.795. The Balaban J connectivity index is 1.77. The molecule has 2 aromatic carbocycles. The molecule has 2 aromatic rings. The average Bonchev–Trinajstić information content (AvgIpc) is 2.62. The van der Waals surface area contributed by atoms with Gasteiger partial charge in [-0.2, -0.15) is 0 Å². The van der Waals surface area contributed by atoms with Crippen LogP contribution in [-0.2, 0) is 4.74 Å². The Hall–Kier alpha value is -1.12. The van der Waals surface area contributed by atoms with Crippen molar-refractivity contribution in [2.45, 2.75) is 31.1 Å². The smallest absolute Gasteiger partial charge is 0.0901 e. The second kappa shape index (κ2) is 7.25. The van der Waals surface area contributed by atoms with Gasteiger partial charge in [0.2, 0.25) is 0 Å². The van der Waals surface area contributed by atoms with Crippen molar-refractivity contribution in [2.24, 2.45) is 5.92 Å². The number of ether oxygens (including phenoxy) is 1. The molecule has 4 unspecified atom stereocenters. The van der Waals surface area contributed by atoms with Crippen molar-refractivity contribution in [1.29, 1.82) is 0 Å². The van der Waals surface area contributed by atoms with Gasteiger partial charge in [0.05, 0.1) is 18.2 Å².